The van der Waals surface area contributed by atoms with Crippen molar-refractivity contribution in [2.24, 2.45) is 0 Å². The average Bonchev–Trinajstić information content (AvgIpc) is 3.40. The van der Waals surface area contributed by atoms with E-state index in [1.807, 2.05) is 21.9 Å². The Hall–Kier alpha value is -3.01. The van der Waals surface area contributed by atoms with Crippen LogP contribution in [0.15, 0.2) is 41.4 Å². The van der Waals surface area contributed by atoms with Gasteiger partial charge in [-0.3, -0.25) is 15.0 Å². The van der Waals surface area contributed by atoms with Gasteiger partial charge in [-0.1, -0.05) is 11.6 Å². The number of anilines is 1. The molecule has 2 aromatic rings. The average molecular weight is 494 g/mol. The molecule has 184 valence electrons. The summed E-state index contributed by atoms with van der Waals surface area (Å²) >= 11 is 1.74. The van der Waals surface area contributed by atoms with E-state index >= 15 is 0 Å². The molecular weight excluding hydrogens is 462 g/mol. The van der Waals surface area contributed by atoms with Gasteiger partial charge in [0, 0.05) is 62.0 Å². The molecule has 2 aromatic heterocycles. The molecule has 0 aromatic carbocycles. The van der Waals surface area contributed by atoms with Crippen molar-refractivity contribution in [1.29, 1.82) is 0 Å². The van der Waals surface area contributed by atoms with Crippen molar-refractivity contribution in [3.8, 4) is 0 Å². The van der Waals surface area contributed by atoms with Crippen LogP contribution in [0.4, 0.5) is 10.6 Å². The van der Waals surface area contributed by atoms with Gasteiger partial charge in [0.1, 0.15) is 5.82 Å². The number of hydrogen-bond donors (Lipinski definition) is 1. The number of amides is 3. The predicted molar refractivity (Wildman–Crippen MR) is 138 cm³/mol. The summed E-state index contributed by atoms with van der Waals surface area (Å²) in [6.45, 7) is 6.78. The topological polar surface area (TPSA) is 78.0 Å². The summed E-state index contributed by atoms with van der Waals surface area (Å²) in [5.74, 6) is 0.625. The lowest BCUT2D eigenvalue weighted by atomic mass is 10.0. The van der Waals surface area contributed by atoms with Gasteiger partial charge in [-0.2, -0.15) is 0 Å². The van der Waals surface area contributed by atoms with Gasteiger partial charge in [-0.05, 0) is 48.1 Å². The van der Waals surface area contributed by atoms with Gasteiger partial charge < -0.3 is 14.5 Å². The molecule has 3 amide bonds. The third kappa shape index (κ3) is 6.17. The Labute approximate surface area is 209 Å². The maximum atomic E-state index is 12.7. The number of morpholine rings is 1. The van der Waals surface area contributed by atoms with Crippen LogP contribution in [0.3, 0.4) is 0 Å². The number of nitrogens with one attached hydrogen (secondary N) is 1. The van der Waals surface area contributed by atoms with E-state index in [1.165, 1.54) is 10.5 Å². The molecule has 2 saturated heterocycles. The van der Waals surface area contributed by atoms with Gasteiger partial charge in [-0.25, -0.2) is 9.78 Å². The first-order valence-electron chi connectivity index (χ1n) is 12.2. The van der Waals surface area contributed by atoms with Crippen molar-refractivity contribution in [3.05, 3.63) is 57.4 Å². The number of fused-ring (bicyclic) bond motifs is 1. The first kappa shape index (κ1) is 23.7. The molecule has 0 atom stereocenters. The first-order chi connectivity index (χ1) is 17.1. The smallest absolute Gasteiger partial charge is 0.323 e. The highest BCUT2D eigenvalue weighted by molar-refractivity contribution is 7.10. The molecular formula is C26H31N5O3S. The summed E-state index contributed by atoms with van der Waals surface area (Å²) in [4.78, 5) is 36.9. The summed E-state index contributed by atoms with van der Waals surface area (Å²) in [7, 11) is 0. The second-order valence-corrected chi connectivity index (χ2v) is 10.0. The van der Waals surface area contributed by atoms with Crippen LogP contribution in [0.1, 0.15) is 28.8 Å². The number of likely N-dealkylation sites (tertiary alicyclic amines) is 1. The zero-order chi connectivity index (χ0) is 24.0. The minimum Gasteiger partial charge on any atom is -0.379 e. The van der Waals surface area contributed by atoms with Crippen LogP contribution in [0.2, 0.25) is 0 Å². The van der Waals surface area contributed by atoms with E-state index in [0.717, 1.165) is 69.9 Å². The third-order valence-corrected chi connectivity index (χ3v) is 7.50. The number of nitrogens with zero attached hydrogens (tertiary/aromatic N) is 4. The molecule has 0 saturated carbocycles. The molecule has 35 heavy (non-hydrogen) atoms. The molecule has 9 heteroatoms. The maximum Gasteiger partial charge on any atom is 0.323 e. The van der Waals surface area contributed by atoms with Crippen LogP contribution >= 0.6 is 11.3 Å². The van der Waals surface area contributed by atoms with Crippen LogP contribution in [-0.4, -0.2) is 84.1 Å². The number of aromatic nitrogens is 1. The van der Waals surface area contributed by atoms with Crippen molar-refractivity contribution in [3.63, 3.8) is 0 Å². The largest absolute Gasteiger partial charge is 0.379 e. The molecule has 2 fully saturated rings. The molecule has 1 N–H and O–H groups in total. The quantitative estimate of drug-likeness (QED) is 0.623. The van der Waals surface area contributed by atoms with Crippen molar-refractivity contribution < 1.29 is 14.3 Å². The third-order valence-electron chi connectivity index (χ3n) is 6.68. The van der Waals surface area contributed by atoms with Gasteiger partial charge in [0.15, 0.2) is 0 Å². The van der Waals surface area contributed by atoms with Gasteiger partial charge in [0.05, 0.1) is 19.8 Å². The summed E-state index contributed by atoms with van der Waals surface area (Å²) < 4.78 is 5.40. The Balaban J connectivity index is 1.15. The number of carbonyl (C=O) groups is 2. The van der Waals surface area contributed by atoms with Crippen LogP contribution in [0.5, 0.6) is 0 Å². The molecule has 3 aliphatic rings. The SMILES string of the molecule is O=C(C=Cc1cnc2c(c1)CN(CCN1CCOCC1)C(=O)N2)N1CCC(=Cc2cccs2)CC1. The summed E-state index contributed by atoms with van der Waals surface area (Å²) in [6.07, 6.45) is 9.24. The van der Waals surface area contributed by atoms with Gasteiger partial charge >= 0.3 is 6.03 Å². The fraction of sp³-hybridized carbons (Fsp3) is 0.423. The molecule has 0 bridgehead atoms. The molecule has 8 nitrogen and oxygen atoms in total. The fourth-order valence-electron chi connectivity index (χ4n) is 4.58. The van der Waals surface area contributed by atoms with Crippen LogP contribution < -0.4 is 5.32 Å². The summed E-state index contributed by atoms with van der Waals surface area (Å²) in [6, 6.07) is 6.08. The highest BCUT2D eigenvalue weighted by atomic mass is 32.1. The lowest BCUT2D eigenvalue weighted by Gasteiger charge is -2.32. The lowest BCUT2D eigenvalue weighted by Crippen LogP contribution is -2.45. The van der Waals surface area contributed by atoms with Gasteiger partial charge in [-0.15, -0.1) is 11.3 Å². The first-order valence-corrected chi connectivity index (χ1v) is 13.1. The van der Waals surface area contributed by atoms with Gasteiger partial charge in [0.25, 0.3) is 0 Å². The van der Waals surface area contributed by atoms with Crippen molar-refractivity contribution in [2.75, 3.05) is 57.8 Å². The monoisotopic (exact) mass is 493 g/mol. The number of thiophene rings is 1. The Bertz CT molecular complexity index is 1100. The van der Waals surface area contributed by atoms with E-state index in [-0.39, 0.29) is 11.9 Å². The normalized spacial score (nSPS) is 19.1. The van der Waals surface area contributed by atoms with Crippen molar-refractivity contribution >= 4 is 41.2 Å². The number of hydrogen-bond acceptors (Lipinski definition) is 6. The fourth-order valence-corrected chi connectivity index (χ4v) is 5.29. The van der Waals surface area contributed by atoms with Crippen molar-refractivity contribution in [2.45, 2.75) is 19.4 Å². The molecule has 3 aliphatic heterocycles. The highest BCUT2D eigenvalue weighted by Gasteiger charge is 2.24. The Morgan fingerprint density at radius 3 is 2.77 bits per heavy atom. The summed E-state index contributed by atoms with van der Waals surface area (Å²) in [5.41, 5.74) is 3.22. The van der Waals surface area contributed by atoms with Crippen molar-refractivity contribution in [1.82, 2.24) is 19.7 Å². The zero-order valence-corrected chi connectivity index (χ0v) is 20.6. The minimum absolute atomic E-state index is 0.0262. The molecule has 0 unspecified atom stereocenters. The van der Waals surface area contributed by atoms with Crippen LogP contribution in [0, 0.1) is 0 Å². The second-order valence-electron chi connectivity index (χ2n) is 9.06. The number of piperidine rings is 1. The van der Waals surface area contributed by atoms with E-state index in [0.29, 0.717) is 18.9 Å². The Morgan fingerprint density at radius 1 is 1.17 bits per heavy atom. The number of rotatable bonds is 6. The van der Waals surface area contributed by atoms with Crippen LogP contribution in [0.25, 0.3) is 12.2 Å². The van der Waals surface area contributed by atoms with E-state index < -0.39 is 0 Å². The molecule has 5 rings (SSSR count). The number of carbonyl (C=O) groups excluding carboxylic acids is 2. The van der Waals surface area contributed by atoms with E-state index in [1.54, 1.807) is 23.6 Å². The maximum absolute atomic E-state index is 12.7. The summed E-state index contributed by atoms with van der Waals surface area (Å²) in [5, 5.41) is 4.98. The number of urea groups is 1. The lowest BCUT2D eigenvalue weighted by molar-refractivity contribution is -0.126. The predicted octanol–water partition coefficient (Wildman–Crippen LogP) is 3.54. The van der Waals surface area contributed by atoms with E-state index in [2.05, 4.69) is 38.8 Å². The zero-order valence-electron chi connectivity index (χ0n) is 19.8. The molecule has 0 spiro atoms. The van der Waals surface area contributed by atoms with Gasteiger partial charge in [0.2, 0.25) is 5.91 Å². The molecule has 0 radical (unpaired) electrons. The second kappa shape index (κ2) is 11.2. The highest BCUT2D eigenvalue weighted by Crippen LogP contribution is 2.24. The number of ether oxygens (including phenoxy) is 1. The van der Waals surface area contributed by atoms with E-state index in [9.17, 15) is 9.59 Å². The van der Waals surface area contributed by atoms with Crippen LogP contribution in [-0.2, 0) is 16.1 Å². The Morgan fingerprint density at radius 2 is 2.00 bits per heavy atom. The number of pyridine rings is 1. The van der Waals surface area contributed by atoms with E-state index in [4.69, 9.17) is 4.74 Å². The Kier molecular flexibility index (Phi) is 7.56. The molecule has 5 heterocycles. The minimum atomic E-state index is -0.116. The molecule has 0 aliphatic carbocycles. The standard InChI is InChI=1S/C26H31N5O3S/c32-24(30-7-5-20(6-8-30)17-23-2-1-15-35-23)4-3-21-16-22-19-31(26(33)28-25(22)27-18-21)10-9-29-11-13-34-14-12-29/h1-4,15-18H,5-14,19H2,(H,27,28,33).